The molecule has 0 fully saturated rings. The standard InChI is InChI=1S/C20H19N3O6S/c1-13-12-21-20(26)23(13)16-6-4-3-5-15(16)22-30(27,28)18-11-14(8-10-19(24)25)7-9-17(18)29-2/h3-12,22H,1-2H3,(H,21,26)(H,24,25)/b10-8+. The monoisotopic (exact) mass is 429 g/mol. The van der Waals surface area contributed by atoms with Crippen LogP contribution in [0.2, 0.25) is 0 Å². The van der Waals surface area contributed by atoms with Crippen molar-refractivity contribution in [2.24, 2.45) is 0 Å². The number of aromatic amines is 1. The molecule has 0 atom stereocenters. The van der Waals surface area contributed by atoms with Crippen molar-refractivity contribution in [2.75, 3.05) is 11.8 Å². The summed E-state index contributed by atoms with van der Waals surface area (Å²) in [5, 5.41) is 8.79. The molecule has 3 rings (SSSR count). The number of carbonyl (C=O) groups is 1. The highest BCUT2D eigenvalue weighted by molar-refractivity contribution is 7.92. The van der Waals surface area contributed by atoms with E-state index in [2.05, 4.69) is 9.71 Å². The first-order valence-corrected chi connectivity index (χ1v) is 10.2. The number of methoxy groups -OCH3 is 1. The van der Waals surface area contributed by atoms with Gasteiger partial charge in [0.25, 0.3) is 10.0 Å². The van der Waals surface area contributed by atoms with E-state index < -0.39 is 21.7 Å². The second-order valence-corrected chi connectivity index (χ2v) is 7.93. The first-order chi connectivity index (χ1) is 14.2. The number of carboxylic acids is 1. The fourth-order valence-electron chi connectivity index (χ4n) is 2.88. The minimum absolute atomic E-state index is 0.0856. The summed E-state index contributed by atoms with van der Waals surface area (Å²) in [7, 11) is -2.81. The van der Waals surface area contributed by atoms with Crippen LogP contribution in [0.5, 0.6) is 5.75 Å². The maximum Gasteiger partial charge on any atom is 0.330 e. The number of aryl methyl sites for hydroxylation is 1. The molecular weight excluding hydrogens is 410 g/mol. The average molecular weight is 429 g/mol. The van der Waals surface area contributed by atoms with Crippen molar-refractivity contribution in [3.8, 4) is 11.4 Å². The number of aliphatic carboxylic acids is 1. The largest absolute Gasteiger partial charge is 0.495 e. The number of H-pyrrole nitrogens is 1. The summed E-state index contributed by atoms with van der Waals surface area (Å²) in [6.07, 6.45) is 3.70. The second kappa shape index (κ2) is 8.29. The number of nitrogens with zero attached hydrogens (tertiary/aromatic N) is 1. The minimum atomic E-state index is -4.14. The zero-order chi connectivity index (χ0) is 21.9. The summed E-state index contributed by atoms with van der Waals surface area (Å²) in [4.78, 5) is 25.3. The van der Waals surface area contributed by atoms with Crippen LogP contribution < -0.4 is 15.1 Å². The van der Waals surface area contributed by atoms with E-state index in [1.54, 1.807) is 25.1 Å². The van der Waals surface area contributed by atoms with E-state index in [4.69, 9.17) is 9.84 Å². The normalized spacial score (nSPS) is 11.5. The Balaban J connectivity index is 2.08. The van der Waals surface area contributed by atoms with Crippen LogP contribution in [0.4, 0.5) is 5.69 Å². The minimum Gasteiger partial charge on any atom is -0.495 e. The average Bonchev–Trinajstić information content (AvgIpc) is 3.04. The van der Waals surface area contributed by atoms with Crippen LogP contribution in [0.3, 0.4) is 0 Å². The molecule has 1 heterocycles. The van der Waals surface area contributed by atoms with Gasteiger partial charge in [-0.05, 0) is 42.8 Å². The first-order valence-electron chi connectivity index (χ1n) is 8.71. The van der Waals surface area contributed by atoms with E-state index in [1.165, 1.54) is 48.2 Å². The van der Waals surface area contributed by atoms with Crippen LogP contribution in [0.1, 0.15) is 11.3 Å². The lowest BCUT2D eigenvalue weighted by atomic mass is 10.2. The van der Waals surface area contributed by atoms with Crippen molar-refractivity contribution < 1.29 is 23.1 Å². The maximum absolute atomic E-state index is 13.1. The predicted octanol–water partition coefficient (Wildman–Crippen LogP) is 2.38. The number of sulfonamides is 1. The van der Waals surface area contributed by atoms with Gasteiger partial charge in [0, 0.05) is 18.0 Å². The van der Waals surface area contributed by atoms with Crippen molar-refractivity contribution in [3.63, 3.8) is 0 Å². The summed E-state index contributed by atoms with van der Waals surface area (Å²) in [5.74, 6) is -1.07. The van der Waals surface area contributed by atoms with Gasteiger partial charge in [-0.2, -0.15) is 0 Å². The highest BCUT2D eigenvalue weighted by Gasteiger charge is 2.22. The zero-order valence-corrected chi connectivity index (χ0v) is 16.9. The first kappa shape index (κ1) is 20.9. The maximum atomic E-state index is 13.1. The number of carboxylic acid groups (broad SMARTS) is 1. The number of rotatable bonds is 7. The highest BCUT2D eigenvalue weighted by atomic mass is 32.2. The van der Waals surface area contributed by atoms with Crippen LogP contribution in [0.15, 0.2) is 64.4 Å². The summed E-state index contributed by atoms with van der Waals surface area (Å²) in [5.41, 5.74) is 1.11. The summed E-state index contributed by atoms with van der Waals surface area (Å²) >= 11 is 0. The third-order valence-corrected chi connectivity index (χ3v) is 5.63. The van der Waals surface area contributed by atoms with Crippen LogP contribution in [-0.4, -0.2) is 36.2 Å². The van der Waals surface area contributed by atoms with Crippen molar-refractivity contribution >= 4 is 27.8 Å². The van der Waals surface area contributed by atoms with E-state index in [0.717, 1.165) is 6.08 Å². The van der Waals surface area contributed by atoms with E-state index in [1.807, 2.05) is 0 Å². The number of anilines is 1. The number of hydrogen-bond donors (Lipinski definition) is 3. The molecule has 10 heteroatoms. The van der Waals surface area contributed by atoms with Gasteiger partial charge in [0.05, 0.1) is 18.5 Å². The lowest BCUT2D eigenvalue weighted by Crippen LogP contribution is -2.20. The van der Waals surface area contributed by atoms with Gasteiger partial charge in [-0.25, -0.2) is 18.0 Å². The van der Waals surface area contributed by atoms with Crippen LogP contribution >= 0.6 is 0 Å². The highest BCUT2D eigenvalue weighted by Crippen LogP contribution is 2.29. The van der Waals surface area contributed by atoms with E-state index in [0.29, 0.717) is 16.9 Å². The molecule has 156 valence electrons. The summed E-state index contributed by atoms with van der Waals surface area (Å²) < 4.78 is 35.3. The second-order valence-electron chi connectivity index (χ2n) is 6.28. The van der Waals surface area contributed by atoms with Crippen molar-refractivity contribution in [2.45, 2.75) is 11.8 Å². The molecule has 0 bridgehead atoms. The smallest absolute Gasteiger partial charge is 0.330 e. The molecule has 3 aromatic rings. The number of imidazole rings is 1. The van der Waals surface area contributed by atoms with Gasteiger partial charge >= 0.3 is 11.7 Å². The number of ether oxygens (including phenoxy) is 1. The fourth-order valence-corrected chi connectivity index (χ4v) is 4.16. The summed E-state index contributed by atoms with van der Waals surface area (Å²) in [6, 6.07) is 10.7. The van der Waals surface area contributed by atoms with Crippen molar-refractivity contribution in [3.05, 3.63) is 76.5 Å². The molecule has 0 amide bonds. The van der Waals surface area contributed by atoms with Gasteiger partial charge in [-0.3, -0.25) is 9.29 Å². The molecule has 3 N–H and O–H groups in total. The van der Waals surface area contributed by atoms with Crippen LogP contribution in [-0.2, 0) is 14.8 Å². The lowest BCUT2D eigenvalue weighted by molar-refractivity contribution is -0.131. The topological polar surface area (TPSA) is 130 Å². The Morgan fingerprint density at radius 3 is 2.60 bits per heavy atom. The molecule has 0 aliphatic carbocycles. The number of hydrogen-bond acceptors (Lipinski definition) is 5. The van der Waals surface area contributed by atoms with Gasteiger partial charge in [0.2, 0.25) is 0 Å². The molecular formula is C20H19N3O6S. The fraction of sp³-hybridized carbons (Fsp3) is 0.100. The predicted molar refractivity (Wildman–Crippen MR) is 112 cm³/mol. The number of aromatic nitrogens is 2. The molecule has 0 unspecified atom stereocenters. The van der Waals surface area contributed by atoms with Gasteiger partial charge in [-0.1, -0.05) is 18.2 Å². The molecule has 1 aromatic heterocycles. The molecule has 2 aromatic carbocycles. The zero-order valence-electron chi connectivity index (χ0n) is 16.1. The number of benzene rings is 2. The molecule has 0 radical (unpaired) electrons. The SMILES string of the molecule is COc1ccc(/C=C/C(=O)O)cc1S(=O)(=O)Nc1ccccc1-n1c(C)c[nH]c1=O. The quantitative estimate of drug-likeness (QED) is 0.494. The number of para-hydroxylation sites is 2. The Labute approximate surface area is 172 Å². The van der Waals surface area contributed by atoms with Gasteiger partial charge in [-0.15, -0.1) is 0 Å². The van der Waals surface area contributed by atoms with Crippen molar-refractivity contribution in [1.82, 2.24) is 9.55 Å². The van der Waals surface area contributed by atoms with Crippen molar-refractivity contribution in [1.29, 1.82) is 0 Å². The van der Waals surface area contributed by atoms with Crippen LogP contribution in [0, 0.1) is 6.92 Å². The van der Waals surface area contributed by atoms with E-state index in [-0.39, 0.29) is 16.3 Å². The van der Waals surface area contributed by atoms with Gasteiger partial charge in [0.15, 0.2) is 0 Å². The van der Waals surface area contributed by atoms with Gasteiger partial charge < -0.3 is 14.8 Å². The molecule has 0 aliphatic rings. The molecule has 0 aliphatic heterocycles. The lowest BCUT2D eigenvalue weighted by Gasteiger charge is -2.15. The van der Waals surface area contributed by atoms with E-state index >= 15 is 0 Å². The Bertz CT molecular complexity index is 1290. The molecule has 9 nitrogen and oxygen atoms in total. The number of nitrogens with one attached hydrogen (secondary N) is 2. The Kier molecular flexibility index (Phi) is 5.79. The van der Waals surface area contributed by atoms with Crippen LogP contribution in [0.25, 0.3) is 11.8 Å². The van der Waals surface area contributed by atoms with E-state index in [9.17, 15) is 18.0 Å². The molecule has 0 saturated heterocycles. The molecule has 0 spiro atoms. The third-order valence-electron chi connectivity index (χ3n) is 4.25. The summed E-state index contributed by atoms with van der Waals surface area (Å²) in [6.45, 7) is 1.71. The molecule has 30 heavy (non-hydrogen) atoms. The van der Waals surface area contributed by atoms with Gasteiger partial charge in [0.1, 0.15) is 10.6 Å². The molecule has 0 saturated carbocycles. The third kappa shape index (κ3) is 4.28. The Morgan fingerprint density at radius 2 is 1.97 bits per heavy atom. The Hall–Kier alpha value is -3.79. The Morgan fingerprint density at radius 1 is 1.23 bits per heavy atom.